The lowest BCUT2D eigenvalue weighted by atomic mass is 10.0. The summed E-state index contributed by atoms with van der Waals surface area (Å²) in [5.41, 5.74) is 5.54. The minimum Gasteiger partial charge on any atom is -0.322 e. The lowest BCUT2D eigenvalue weighted by Gasteiger charge is -2.27. The van der Waals surface area contributed by atoms with Gasteiger partial charge in [-0.25, -0.2) is 0 Å². The second-order valence-corrected chi connectivity index (χ2v) is 9.16. The van der Waals surface area contributed by atoms with Gasteiger partial charge in [0.25, 0.3) is 5.91 Å². The Labute approximate surface area is 206 Å². The summed E-state index contributed by atoms with van der Waals surface area (Å²) in [6, 6.07) is 24.2. The summed E-state index contributed by atoms with van der Waals surface area (Å²) < 4.78 is 2.32. The van der Waals surface area contributed by atoms with Crippen LogP contribution in [0.3, 0.4) is 0 Å². The number of rotatable bonds is 4. The smallest absolute Gasteiger partial charge is 0.255 e. The molecule has 0 spiro atoms. The fraction of sp³-hybridized carbons (Fsp3) is 0.241. The number of anilines is 2. The van der Waals surface area contributed by atoms with E-state index in [1.54, 1.807) is 0 Å². The van der Waals surface area contributed by atoms with Crippen molar-refractivity contribution in [1.82, 2.24) is 4.98 Å². The Morgan fingerprint density at radius 2 is 1.76 bits per heavy atom. The third-order valence-corrected chi connectivity index (χ3v) is 7.03. The molecule has 1 aliphatic rings. The number of aryl methyl sites for hydroxylation is 1. The number of pyridine rings is 1. The van der Waals surface area contributed by atoms with Crippen molar-refractivity contribution in [2.75, 3.05) is 21.9 Å². The van der Waals surface area contributed by atoms with Crippen LogP contribution in [0.1, 0.15) is 42.6 Å². The Morgan fingerprint density at radius 3 is 2.53 bits per heavy atom. The van der Waals surface area contributed by atoms with Gasteiger partial charge in [-0.15, -0.1) is 0 Å². The van der Waals surface area contributed by atoms with E-state index >= 15 is 0 Å². The zero-order valence-electron chi connectivity index (χ0n) is 20.0. The average molecular weight is 470 g/mol. The monoisotopic (exact) mass is 469 g/mol. The minimum atomic E-state index is -0.103. The van der Waals surface area contributed by atoms with Crippen LogP contribution >= 0.6 is 11.9 Å². The predicted molar refractivity (Wildman–Crippen MR) is 147 cm³/mol. The summed E-state index contributed by atoms with van der Waals surface area (Å²) in [4.78, 5) is 17.6. The molecule has 5 heteroatoms. The molecule has 3 aromatic carbocycles. The first-order chi connectivity index (χ1) is 16.7. The first kappa shape index (κ1) is 23.8. The van der Waals surface area contributed by atoms with Crippen LogP contribution in [0.25, 0.3) is 22.0 Å². The zero-order valence-corrected chi connectivity index (χ0v) is 20.9. The van der Waals surface area contributed by atoms with Crippen molar-refractivity contribution in [3.63, 3.8) is 0 Å². The minimum absolute atomic E-state index is 0.103. The Balaban J connectivity index is 0.00000133. The van der Waals surface area contributed by atoms with E-state index < -0.39 is 0 Å². The van der Waals surface area contributed by atoms with E-state index in [0.29, 0.717) is 5.56 Å². The van der Waals surface area contributed by atoms with Crippen LogP contribution in [-0.4, -0.2) is 23.2 Å². The summed E-state index contributed by atoms with van der Waals surface area (Å²) in [6.45, 7) is 7.07. The highest BCUT2D eigenvalue weighted by Gasteiger charge is 2.14. The molecule has 0 radical (unpaired) electrons. The van der Waals surface area contributed by atoms with Gasteiger partial charge in [-0.3, -0.25) is 9.78 Å². The molecular formula is C29H31N3OS. The molecule has 0 unspecified atom stereocenters. The second kappa shape index (κ2) is 11.2. The number of fused-ring (bicyclic) bond motifs is 1. The molecule has 0 bridgehead atoms. The molecule has 0 saturated carbocycles. The number of amides is 1. The van der Waals surface area contributed by atoms with Crippen LogP contribution < -0.4 is 9.62 Å². The Hall–Kier alpha value is -3.31. The molecule has 1 aliphatic heterocycles. The van der Waals surface area contributed by atoms with Crippen LogP contribution in [0.5, 0.6) is 0 Å². The quantitative estimate of drug-likeness (QED) is 0.311. The normalized spacial score (nSPS) is 13.2. The predicted octanol–water partition coefficient (Wildman–Crippen LogP) is 7.74. The van der Waals surface area contributed by atoms with Crippen molar-refractivity contribution in [2.45, 2.75) is 33.6 Å². The van der Waals surface area contributed by atoms with Gasteiger partial charge in [0, 0.05) is 46.4 Å². The number of carbonyl (C=O) groups excluding carboxylic acids is 1. The van der Waals surface area contributed by atoms with Gasteiger partial charge in [0.2, 0.25) is 0 Å². The van der Waals surface area contributed by atoms with Crippen molar-refractivity contribution < 1.29 is 4.79 Å². The zero-order chi connectivity index (χ0) is 23.9. The molecule has 4 aromatic rings. The molecule has 0 aliphatic carbocycles. The molecule has 4 nitrogen and oxygen atoms in total. The standard InChI is InChI=1S/C27H25N3OS.C2H6/c1-19-8-9-22(26-24-7-3-2-6-20(24)14-15-28-26)18-25(19)29-27(31)21-10-12-23(13-11-21)30-16-4-5-17-32-30;1-2/h2-3,6-15,18H,4-5,16-17H2,1H3,(H,29,31);1-2H3. The number of aromatic nitrogens is 1. The van der Waals surface area contributed by atoms with Gasteiger partial charge in [-0.1, -0.05) is 50.2 Å². The molecule has 174 valence electrons. The first-order valence-corrected chi connectivity index (χ1v) is 12.9. The highest BCUT2D eigenvalue weighted by molar-refractivity contribution is 8.00. The van der Waals surface area contributed by atoms with Crippen LogP contribution in [-0.2, 0) is 0 Å². The van der Waals surface area contributed by atoms with E-state index in [4.69, 9.17) is 0 Å². The van der Waals surface area contributed by atoms with Crippen LogP contribution in [0, 0.1) is 6.92 Å². The van der Waals surface area contributed by atoms with Crippen LogP contribution in [0.4, 0.5) is 11.4 Å². The maximum atomic E-state index is 13.0. The van der Waals surface area contributed by atoms with Gasteiger partial charge in [0.15, 0.2) is 0 Å². The van der Waals surface area contributed by atoms with E-state index in [2.05, 4.69) is 32.8 Å². The van der Waals surface area contributed by atoms with E-state index in [-0.39, 0.29) is 5.91 Å². The second-order valence-electron chi connectivity index (χ2n) is 8.05. The Kier molecular flexibility index (Phi) is 7.86. The summed E-state index contributed by atoms with van der Waals surface area (Å²) >= 11 is 1.86. The molecule has 5 rings (SSSR count). The molecular weight excluding hydrogens is 438 g/mol. The fourth-order valence-corrected chi connectivity index (χ4v) is 5.11. The Morgan fingerprint density at radius 1 is 0.971 bits per heavy atom. The van der Waals surface area contributed by atoms with E-state index in [0.717, 1.165) is 51.3 Å². The molecule has 2 heterocycles. The number of carbonyl (C=O) groups is 1. The summed E-state index contributed by atoms with van der Waals surface area (Å²) in [6.07, 6.45) is 4.32. The molecule has 1 aromatic heterocycles. The van der Waals surface area contributed by atoms with Crippen molar-refractivity contribution in [2.24, 2.45) is 0 Å². The number of nitrogens with zero attached hydrogens (tertiary/aromatic N) is 2. The third kappa shape index (κ3) is 5.26. The number of hydrogen-bond donors (Lipinski definition) is 1. The maximum absolute atomic E-state index is 13.0. The number of nitrogens with one attached hydrogen (secondary N) is 1. The van der Waals surface area contributed by atoms with E-state index in [1.807, 2.05) is 93.5 Å². The van der Waals surface area contributed by atoms with Gasteiger partial charge in [0.05, 0.1) is 5.69 Å². The van der Waals surface area contributed by atoms with Gasteiger partial charge in [-0.05, 0) is 79.1 Å². The third-order valence-electron chi connectivity index (χ3n) is 5.85. The van der Waals surface area contributed by atoms with E-state index in [9.17, 15) is 4.79 Å². The van der Waals surface area contributed by atoms with Gasteiger partial charge >= 0.3 is 0 Å². The molecule has 1 fully saturated rings. The lowest BCUT2D eigenvalue weighted by Crippen LogP contribution is -2.21. The van der Waals surface area contributed by atoms with Crippen LogP contribution in [0.15, 0.2) is 79.0 Å². The van der Waals surface area contributed by atoms with Gasteiger partial charge < -0.3 is 9.62 Å². The molecule has 1 saturated heterocycles. The maximum Gasteiger partial charge on any atom is 0.255 e. The van der Waals surface area contributed by atoms with Crippen molar-refractivity contribution >= 4 is 40.0 Å². The Bertz CT molecular complexity index is 1260. The largest absolute Gasteiger partial charge is 0.322 e. The van der Waals surface area contributed by atoms with Crippen molar-refractivity contribution in [1.29, 1.82) is 0 Å². The molecule has 34 heavy (non-hydrogen) atoms. The number of hydrogen-bond acceptors (Lipinski definition) is 4. The topological polar surface area (TPSA) is 45.2 Å². The van der Waals surface area contributed by atoms with Crippen molar-refractivity contribution in [3.05, 3.63) is 90.1 Å². The van der Waals surface area contributed by atoms with E-state index in [1.165, 1.54) is 12.8 Å². The summed E-state index contributed by atoms with van der Waals surface area (Å²) in [5.74, 6) is 1.05. The SMILES string of the molecule is CC.Cc1ccc(-c2nccc3ccccc23)cc1NC(=O)c1ccc(N2CCCCS2)cc1. The van der Waals surface area contributed by atoms with Crippen LogP contribution in [0.2, 0.25) is 0 Å². The molecule has 0 atom stereocenters. The lowest BCUT2D eigenvalue weighted by molar-refractivity contribution is 0.102. The fourth-order valence-electron chi connectivity index (χ4n) is 4.03. The van der Waals surface area contributed by atoms with Gasteiger partial charge in [0.1, 0.15) is 0 Å². The molecule has 1 amide bonds. The van der Waals surface area contributed by atoms with Crippen molar-refractivity contribution in [3.8, 4) is 11.3 Å². The summed E-state index contributed by atoms with van der Waals surface area (Å²) in [5, 5.41) is 5.35. The average Bonchev–Trinajstić information content (AvgIpc) is 2.91. The highest BCUT2D eigenvalue weighted by Crippen LogP contribution is 2.30. The number of benzene rings is 3. The summed E-state index contributed by atoms with van der Waals surface area (Å²) in [7, 11) is 0. The van der Waals surface area contributed by atoms with Gasteiger partial charge in [-0.2, -0.15) is 0 Å². The first-order valence-electron chi connectivity index (χ1n) is 12.0. The highest BCUT2D eigenvalue weighted by atomic mass is 32.2. The molecule has 1 N–H and O–H groups in total.